The van der Waals surface area contributed by atoms with E-state index in [9.17, 15) is 4.79 Å². The van der Waals surface area contributed by atoms with Crippen LogP contribution < -0.4 is 4.74 Å². The molecule has 0 aromatic heterocycles. The maximum Gasteiger partial charge on any atom is 0.136 e. The van der Waals surface area contributed by atoms with Crippen LogP contribution in [0.15, 0.2) is 10.5 Å². The van der Waals surface area contributed by atoms with Crippen molar-refractivity contribution in [1.82, 2.24) is 0 Å². The third-order valence-electron chi connectivity index (χ3n) is 3.55. The van der Waals surface area contributed by atoms with Gasteiger partial charge in [-0.1, -0.05) is 6.42 Å². The van der Waals surface area contributed by atoms with Crippen molar-refractivity contribution < 1.29 is 9.53 Å². The Bertz CT molecular complexity index is 466. The van der Waals surface area contributed by atoms with E-state index in [1.54, 1.807) is 14.0 Å². The van der Waals surface area contributed by atoms with Gasteiger partial charge in [-0.3, -0.25) is 4.79 Å². The number of ketones is 1. The number of methoxy groups -OCH3 is 1. The molecule has 2 rings (SSSR count). The molecule has 18 heavy (non-hydrogen) atoms. The molecule has 0 saturated heterocycles. The third kappa shape index (κ3) is 2.77. The molecule has 2 nitrogen and oxygen atoms in total. The molecule has 0 heterocycles. The second-order valence-corrected chi connectivity index (χ2v) is 5.80. The first-order valence-corrected chi connectivity index (χ1v) is 7.29. The zero-order chi connectivity index (χ0) is 13.1. The van der Waals surface area contributed by atoms with Crippen molar-refractivity contribution >= 4 is 21.7 Å². The molecule has 0 amide bonds. The fraction of sp³-hybridized carbons (Fsp3) is 0.533. The van der Waals surface area contributed by atoms with Crippen LogP contribution in [-0.2, 0) is 24.1 Å². The van der Waals surface area contributed by atoms with E-state index in [0.29, 0.717) is 6.42 Å². The minimum atomic E-state index is 0.192. The first-order valence-electron chi connectivity index (χ1n) is 6.50. The molecule has 0 radical (unpaired) electrons. The first-order chi connectivity index (χ1) is 8.63. The molecule has 0 bridgehead atoms. The van der Waals surface area contributed by atoms with Crippen molar-refractivity contribution in [3.8, 4) is 5.75 Å². The van der Waals surface area contributed by atoms with Crippen molar-refractivity contribution in [2.24, 2.45) is 0 Å². The summed E-state index contributed by atoms with van der Waals surface area (Å²) in [6, 6.07) is 2.17. The Morgan fingerprint density at radius 3 is 2.72 bits per heavy atom. The van der Waals surface area contributed by atoms with Crippen LogP contribution in [0.4, 0.5) is 0 Å². The van der Waals surface area contributed by atoms with E-state index >= 15 is 0 Å². The summed E-state index contributed by atoms with van der Waals surface area (Å²) in [5.41, 5.74) is 3.83. The standard InChI is InChI=1S/C15H19BrO2/c1-10(17)8-13-12-7-5-3-4-6-11(12)9-14(16)15(13)18-2/h9H,3-8H2,1-2H3. The van der Waals surface area contributed by atoms with Gasteiger partial charge >= 0.3 is 0 Å². The fourth-order valence-corrected chi connectivity index (χ4v) is 3.44. The number of aryl methyl sites for hydroxylation is 1. The topological polar surface area (TPSA) is 26.3 Å². The number of Topliss-reactive ketones (excluding diaryl/α,β-unsaturated/α-hetero) is 1. The lowest BCUT2D eigenvalue weighted by molar-refractivity contribution is -0.116. The minimum Gasteiger partial charge on any atom is -0.495 e. The Hall–Kier alpha value is -0.830. The molecule has 1 aliphatic carbocycles. The van der Waals surface area contributed by atoms with Crippen LogP contribution in [0.5, 0.6) is 5.75 Å². The SMILES string of the molecule is COc1c(Br)cc2c(c1CC(C)=O)CCCCC2. The lowest BCUT2D eigenvalue weighted by atomic mass is 9.93. The highest BCUT2D eigenvalue weighted by Crippen LogP contribution is 2.37. The summed E-state index contributed by atoms with van der Waals surface area (Å²) in [6.07, 6.45) is 6.39. The van der Waals surface area contributed by atoms with Gasteiger partial charge in [-0.05, 0) is 65.7 Å². The van der Waals surface area contributed by atoms with Crippen LogP contribution >= 0.6 is 15.9 Å². The molecule has 0 saturated carbocycles. The molecule has 1 aromatic rings. The quantitative estimate of drug-likeness (QED) is 0.792. The van der Waals surface area contributed by atoms with Gasteiger partial charge in [0.15, 0.2) is 0 Å². The average Bonchev–Trinajstić information content (AvgIpc) is 2.53. The summed E-state index contributed by atoms with van der Waals surface area (Å²) >= 11 is 3.57. The number of fused-ring (bicyclic) bond motifs is 1. The number of hydrogen-bond acceptors (Lipinski definition) is 2. The molecular formula is C15H19BrO2. The Morgan fingerprint density at radius 2 is 2.06 bits per heavy atom. The van der Waals surface area contributed by atoms with E-state index in [4.69, 9.17) is 4.74 Å². The van der Waals surface area contributed by atoms with Gasteiger partial charge in [0.25, 0.3) is 0 Å². The molecule has 0 spiro atoms. The fourth-order valence-electron chi connectivity index (χ4n) is 2.77. The lowest BCUT2D eigenvalue weighted by Crippen LogP contribution is -2.07. The summed E-state index contributed by atoms with van der Waals surface area (Å²) in [6.45, 7) is 1.64. The molecular weight excluding hydrogens is 292 g/mol. The lowest BCUT2D eigenvalue weighted by Gasteiger charge is -2.17. The number of rotatable bonds is 3. The van der Waals surface area contributed by atoms with Crippen molar-refractivity contribution in [3.05, 3.63) is 27.2 Å². The highest BCUT2D eigenvalue weighted by Gasteiger charge is 2.20. The molecule has 0 N–H and O–H groups in total. The van der Waals surface area contributed by atoms with E-state index in [-0.39, 0.29) is 5.78 Å². The highest BCUT2D eigenvalue weighted by molar-refractivity contribution is 9.10. The van der Waals surface area contributed by atoms with Crippen molar-refractivity contribution in [2.75, 3.05) is 7.11 Å². The van der Waals surface area contributed by atoms with Crippen LogP contribution in [0.25, 0.3) is 0 Å². The maximum atomic E-state index is 11.5. The van der Waals surface area contributed by atoms with Gasteiger partial charge in [0.2, 0.25) is 0 Å². The maximum absolute atomic E-state index is 11.5. The molecule has 1 aliphatic rings. The van der Waals surface area contributed by atoms with Gasteiger partial charge in [-0.25, -0.2) is 0 Å². The molecule has 1 aromatic carbocycles. The smallest absolute Gasteiger partial charge is 0.136 e. The Kier molecular flexibility index (Phi) is 4.44. The molecule has 0 unspecified atom stereocenters. The van der Waals surface area contributed by atoms with E-state index in [1.807, 2.05) is 0 Å². The number of halogens is 1. The summed E-state index contributed by atoms with van der Waals surface area (Å²) in [7, 11) is 1.67. The van der Waals surface area contributed by atoms with E-state index in [0.717, 1.165) is 28.6 Å². The number of hydrogen-bond donors (Lipinski definition) is 0. The molecule has 0 atom stereocenters. The molecule has 0 fully saturated rings. The van der Waals surface area contributed by atoms with Crippen LogP contribution in [0.3, 0.4) is 0 Å². The predicted molar refractivity (Wildman–Crippen MR) is 76.3 cm³/mol. The number of ether oxygens (including phenoxy) is 1. The van der Waals surface area contributed by atoms with Gasteiger partial charge < -0.3 is 4.74 Å². The second kappa shape index (κ2) is 5.87. The van der Waals surface area contributed by atoms with Crippen LogP contribution in [0, 0.1) is 0 Å². The van der Waals surface area contributed by atoms with Crippen molar-refractivity contribution in [1.29, 1.82) is 0 Å². The Morgan fingerprint density at radius 1 is 1.33 bits per heavy atom. The van der Waals surface area contributed by atoms with Gasteiger partial charge in [-0.15, -0.1) is 0 Å². The Balaban J connectivity index is 2.56. The summed E-state index contributed by atoms with van der Waals surface area (Å²) < 4.78 is 6.46. The Labute approximate surface area is 117 Å². The largest absolute Gasteiger partial charge is 0.495 e. The van der Waals surface area contributed by atoms with Crippen LogP contribution in [0.1, 0.15) is 42.9 Å². The highest BCUT2D eigenvalue weighted by atomic mass is 79.9. The van der Waals surface area contributed by atoms with Crippen molar-refractivity contribution in [2.45, 2.75) is 45.4 Å². The predicted octanol–water partition coefficient (Wildman–Crippen LogP) is 3.86. The van der Waals surface area contributed by atoms with Crippen molar-refractivity contribution in [3.63, 3.8) is 0 Å². The number of carbonyl (C=O) groups excluding carboxylic acids is 1. The zero-order valence-electron chi connectivity index (χ0n) is 11.0. The molecule has 98 valence electrons. The third-order valence-corrected chi connectivity index (χ3v) is 4.14. The monoisotopic (exact) mass is 310 g/mol. The minimum absolute atomic E-state index is 0.192. The number of benzene rings is 1. The van der Waals surface area contributed by atoms with Gasteiger partial charge in [0.1, 0.15) is 11.5 Å². The second-order valence-electron chi connectivity index (χ2n) is 4.95. The molecule has 0 aliphatic heterocycles. The average molecular weight is 311 g/mol. The van der Waals surface area contributed by atoms with Crippen LogP contribution in [0.2, 0.25) is 0 Å². The van der Waals surface area contributed by atoms with Gasteiger partial charge in [0, 0.05) is 12.0 Å². The normalized spacial score (nSPS) is 14.8. The number of carbonyl (C=O) groups is 1. The summed E-state index contributed by atoms with van der Waals surface area (Å²) in [4.78, 5) is 11.5. The summed E-state index contributed by atoms with van der Waals surface area (Å²) in [5.74, 6) is 1.03. The summed E-state index contributed by atoms with van der Waals surface area (Å²) in [5, 5.41) is 0. The first kappa shape index (κ1) is 13.6. The zero-order valence-corrected chi connectivity index (χ0v) is 12.6. The van der Waals surface area contributed by atoms with E-state index in [1.165, 1.54) is 30.4 Å². The van der Waals surface area contributed by atoms with Gasteiger partial charge in [0.05, 0.1) is 11.6 Å². The molecule has 3 heteroatoms. The van der Waals surface area contributed by atoms with E-state index in [2.05, 4.69) is 22.0 Å². The van der Waals surface area contributed by atoms with Crippen LogP contribution in [-0.4, -0.2) is 12.9 Å². The van der Waals surface area contributed by atoms with E-state index < -0.39 is 0 Å². The van der Waals surface area contributed by atoms with Gasteiger partial charge in [-0.2, -0.15) is 0 Å².